The monoisotopic (exact) mass is 274 g/mol. The van der Waals surface area contributed by atoms with Crippen LogP contribution >= 0.6 is 0 Å². The van der Waals surface area contributed by atoms with Crippen LogP contribution in [0.4, 0.5) is 5.69 Å². The summed E-state index contributed by atoms with van der Waals surface area (Å²) in [5.41, 5.74) is 0.552. The van der Waals surface area contributed by atoms with Gasteiger partial charge < -0.3 is 14.5 Å². The Kier molecular flexibility index (Phi) is 2.83. The third-order valence-corrected chi connectivity index (χ3v) is 4.20. The lowest BCUT2D eigenvalue weighted by molar-refractivity contribution is -0.132. The van der Waals surface area contributed by atoms with Gasteiger partial charge in [-0.2, -0.15) is 0 Å². The summed E-state index contributed by atoms with van der Waals surface area (Å²) in [7, 11) is 1.72. The largest absolute Gasteiger partial charge is 0.341 e. The molecule has 0 saturated carbocycles. The summed E-state index contributed by atoms with van der Waals surface area (Å²) in [5, 5.41) is 0. The molecule has 0 N–H and O–H groups in total. The molecule has 1 spiro atoms. The van der Waals surface area contributed by atoms with E-state index in [1.807, 2.05) is 38.1 Å². The third-order valence-electron chi connectivity index (χ3n) is 4.20. The number of fused-ring (bicyclic) bond motifs is 2. The van der Waals surface area contributed by atoms with Crippen molar-refractivity contribution in [1.29, 1.82) is 0 Å². The fraction of sp³-hybridized carbons (Fsp3) is 0.467. The number of carbonyl (C=O) groups is 2. The van der Waals surface area contributed by atoms with E-state index in [9.17, 15) is 9.59 Å². The van der Waals surface area contributed by atoms with Gasteiger partial charge in [-0.05, 0) is 19.9 Å². The fourth-order valence-corrected chi connectivity index (χ4v) is 3.00. The fourth-order valence-electron chi connectivity index (χ4n) is 3.00. The second-order valence-corrected chi connectivity index (χ2v) is 5.13. The number of hydrogen-bond donors (Lipinski definition) is 0. The molecule has 106 valence electrons. The summed E-state index contributed by atoms with van der Waals surface area (Å²) in [6.07, 6.45) is -0.680. The quantitative estimate of drug-likeness (QED) is 0.776. The van der Waals surface area contributed by atoms with Crippen molar-refractivity contribution in [2.45, 2.75) is 25.6 Å². The number of likely N-dealkylation sites (N-methyl/N-ethyl adjacent to an activating group) is 2. The minimum atomic E-state index is -1.08. The van der Waals surface area contributed by atoms with E-state index in [-0.39, 0.29) is 11.8 Å². The second kappa shape index (κ2) is 4.31. The molecule has 1 fully saturated rings. The SMILES string of the molecule is CCN(CC)C(=O)C1OC12C(=O)N(C)c1ccccc12. The number of para-hydroxylation sites is 1. The Balaban J connectivity index is 1.97. The maximum absolute atomic E-state index is 12.5. The number of rotatable bonds is 3. The Hall–Kier alpha value is -1.88. The topological polar surface area (TPSA) is 53.2 Å². The lowest BCUT2D eigenvalue weighted by Crippen LogP contribution is -2.39. The van der Waals surface area contributed by atoms with Crippen molar-refractivity contribution < 1.29 is 14.3 Å². The van der Waals surface area contributed by atoms with Crippen molar-refractivity contribution in [2.75, 3.05) is 25.0 Å². The van der Waals surface area contributed by atoms with Crippen molar-refractivity contribution >= 4 is 17.5 Å². The van der Waals surface area contributed by atoms with Gasteiger partial charge in [0.25, 0.3) is 11.8 Å². The molecule has 2 aliphatic rings. The number of amides is 2. The Labute approximate surface area is 118 Å². The smallest absolute Gasteiger partial charge is 0.267 e. The number of epoxide rings is 1. The Bertz CT molecular complexity index is 582. The van der Waals surface area contributed by atoms with Crippen LogP contribution in [0.5, 0.6) is 0 Å². The summed E-state index contributed by atoms with van der Waals surface area (Å²) >= 11 is 0. The van der Waals surface area contributed by atoms with Crippen LogP contribution in [0.25, 0.3) is 0 Å². The van der Waals surface area contributed by atoms with E-state index in [2.05, 4.69) is 0 Å². The molecule has 3 rings (SSSR count). The number of benzene rings is 1. The summed E-state index contributed by atoms with van der Waals surface area (Å²) in [6, 6.07) is 7.49. The van der Waals surface area contributed by atoms with Gasteiger partial charge >= 0.3 is 0 Å². The van der Waals surface area contributed by atoms with Crippen molar-refractivity contribution in [3.05, 3.63) is 29.8 Å². The van der Waals surface area contributed by atoms with Gasteiger partial charge in [0.15, 0.2) is 6.10 Å². The van der Waals surface area contributed by atoms with Gasteiger partial charge in [0, 0.05) is 25.7 Å². The number of ether oxygens (including phenoxy) is 1. The highest BCUT2D eigenvalue weighted by Crippen LogP contribution is 2.55. The van der Waals surface area contributed by atoms with E-state index < -0.39 is 11.7 Å². The van der Waals surface area contributed by atoms with Crippen molar-refractivity contribution in [1.82, 2.24) is 4.90 Å². The van der Waals surface area contributed by atoms with Gasteiger partial charge in [0.2, 0.25) is 5.60 Å². The average molecular weight is 274 g/mol. The van der Waals surface area contributed by atoms with Crippen LogP contribution in [0.2, 0.25) is 0 Å². The van der Waals surface area contributed by atoms with Crippen LogP contribution in [0, 0.1) is 0 Å². The molecule has 20 heavy (non-hydrogen) atoms. The van der Waals surface area contributed by atoms with E-state index in [4.69, 9.17) is 4.74 Å². The molecular weight excluding hydrogens is 256 g/mol. The van der Waals surface area contributed by atoms with Crippen LogP contribution in [0.15, 0.2) is 24.3 Å². The molecule has 2 unspecified atom stereocenters. The molecule has 5 nitrogen and oxygen atoms in total. The molecule has 1 saturated heterocycles. The van der Waals surface area contributed by atoms with Gasteiger partial charge in [0.1, 0.15) is 0 Å². The molecular formula is C15H18N2O3. The molecule has 2 amide bonds. The average Bonchev–Trinajstić information content (AvgIpc) is 3.19. The van der Waals surface area contributed by atoms with E-state index in [0.717, 1.165) is 11.3 Å². The second-order valence-electron chi connectivity index (χ2n) is 5.13. The summed E-state index contributed by atoms with van der Waals surface area (Å²) < 4.78 is 5.64. The van der Waals surface area contributed by atoms with Crippen LogP contribution in [0.3, 0.4) is 0 Å². The van der Waals surface area contributed by atoms with E-state index in [1.165, 1.54) is 0 Å². The summed E-state index contributed by atoms with van der Waals surface area (Å²) in [4.78, 5) is 28.2. The Morgan fingerprint density at radius 3 is 2.65 bits per heavy atom. The molecule has 2 atom stereocenters. The van der Waals surface area contributed by atoms with Crippen molar-refractivity contribution in [3.8, 4) is 0 Å². The maximum atomic E-state index is 12.5. The molecule has 0 aromatic heterocycles. The number of hydrogen-bond acceptors (Lipinski definition) is 3. The predicted octanol–water partition coefficient (Wildman–Crippen LogP) is 1.13. The molecule has 1 aromatic carbocycles. The zero-order valence-electron chi connectivity index (χ0n) is 11.9. The lowest BCUT2D eigenvalue weighted by Gasteiger charge is -2.17. The third kappa shape index (κ3) is 1.47. The van der Waals surface area contributed by atoms with Gasteiger partial charge in [-0.25, -0.2) is 0 Å². The van der Waals surface area contributed by atoms with E-state index in [0.29, 0.717) is 13.1 Å². The number of carbonyl (C=O) groups excluding carboxylic acids is 2. The normalized spacial score (nSPS) is 26.9. The predicted molar refractivity (Wildman–Crippen MR) is 74.3 cm³/mol. The van der Waals surface area contributed by atoms with Gasteiger partial charge in [-0.1, -0.05) is 18.2 Å². The minimum Gasteiger partial charge on any atom is -0.341 e. The number of nitrogens with zero attached hydrogens (tertiary/aromatic N) is 2. The van der Waals surface area contributed by atoms with Crippen LogP contribution in [-0.4, -0.2) is 43.0 Å². The minimum absolute atomic E-state index is 0.103. The first-order chi connectivity index (χ1) is 9.57. The standard InChI is InChI=1S/C15H18N2O3/c1-4-17(5-2)13(18)12-15(20-12)10-8-6-7-9-11(10)16(3)14(15)19/h6-9,12H,4-5H2,1-3H3. The molecule has 0 bridgehead atoms. The van der Waals surface area contributed by atoms with Gasteiger partial charge in [-0.3, -0.25) is 9.59 Å². The maximum Gasteiger partial charge on any atom is 0.267 e. The first kappa shape index (κ1) is 13.1. The highest BCUT2D eigenvalue weighted by molar-refractivity contribution is 6.12. The zero-order chi connectivity index (χ0) is 14.5. The van der Waals surface area contributed by atoms with Crippen LogP contribution in [-0.2, 0) is 19.9 Å². The van der Waals surface area contributed by atoms with E-state index in [1.54, 1.807) is 16.8 Å². The summed E-state index contributed by atoms with van der Waals surface area (Å²) in [6.45, 7) is 5.09. The zero-order valence-corrected chi connectivity index (χ0v) is 11.9. The molecule has 5 heteroatoms. The Morgan fingerprint density at radius 2 is 2.00 bits per heavy atom. The number of anilines is 1. The van der Waals surface area contributed by atoms with E-state index >= 15 is 0 Å². The lowest BCUT2D eigenvalue weighted by atomic mass is 9.96. The van der Waals surface area contributed by atoms with Gasteiger partial charge in [-0.15, -0.1) is 0 Å². The molecule has 2 aliphatic heterocycles. The van der Waals surface area contributed by atoms with Crippen molar-refractivity contribution in [2.24, 2.45) is 0 Å². The molecule has 2 heterocycles. The van der Waals surface area contributed by atoms with Gasteiger partial charge in [0.05, 0.1) is 5.69 Å². The summed E-state index contributed by atoms with van der Waals surface area (Å²) in [5.74, 6) is -0.252. The van der Waals surface area contributed by atoms with Crippen LogP contribution in [0.1, 0.15) is 19.4 Å². The Morgan fingerprint density at radius 1 is 1.35 bits per heavy atom. The highest BCUT2D eigenvalue weighted by Gasteiger charge is 2.72. The molecule has 1 aromatic rings. The first-order valence-corrected chi connectivity index (χ1v) is 6.92. The molecule has 0 aliphatic carbocycles. The molecule has 0 radical (unpaired) electrons. The van der Waals surface area contributed by atoms with Crippen molar-refractivity contribution in [3.63, 3.8) is 0 Å². The van der Waals surface area contributed by atoms with Crippen LogP contribution < -0.4 is 4.90 Å². The highest BCUT2D eigenvalue weighted by atomic mass is 16.6. The first-order valence-electron chi connectivity index (χ1n) is 6.92.